The van der Waals surface area contributed by atoms with Crippen molar-refractivity contribution in [2.45, 2.75) is 4.11 Å². The third kappa shape index (κ3) is 1.42. The molecule has 0 spiro atoms. The number of benzene rings is 1. The van der Waals surface area contributed by atoms with Gasteiger partial charge in [-0.05, 0) is 34.7 Å². The molecule has 0 bridgehead atoms. The Hall–Kier alpha value is -0.450. The van der Waals surface area contributed by atoms with Crippen molar-refractivity contribution in [2.24, 2.45) is 0 Å². The predicted molar refractivity (Wildman–Crippen MR) is 53.4 cm³/mol. The van der Waals surface area contributed by atoms with Crippen LogP contribution in [0, 0.1) is 0 Å². The highest BCUT2D eigenvalue weighted by molar-refractivity contribution is 14.1. The number of nitrogens with one attached hydrogen (secondary N) is 1. The maximum Gasteiger partial charge on any atom is 0.166 e. The van der Waals surface area contributed by atoms with Crippen LogP contribution in [0.25, 0.3) is 0 Å². The summed E-state index contributed by atoms with van der Waals surface area (Å²) in [6.45, 7) is 0.886. The van der Waals surface area contributed by atoms with Crippen molar-refractivity contribution in [2.75, 3.05) is 11.9 Å². The molecule has 0 saturated heterocycles. The Bertz CT molecular complexity index is 264. The monoisotopic (exact) mass is 261 g/mol. The zero-order valence-corrected chi connectivity index (χ0v) is 8.04. The van der Waals surface area contributed by atoms with Gasteiger partial charge in [0.1, 0.15) is 5.75 Å². The molecule has 3 heteroatoms. The van der Waals surface area contributed by atoms with E-state index < -0.39 is 0 Å². The van der Waals surface area contributed by atoms with E-state index >= 15 is 0 Å². The van der Waals surface area contributed by atoms with Crippen molar-refractivity contribution in [3.63, 3.8) is 0 Å². The minimum absolute atomic E-state index is 0.252. The molecule has 0 unspecified atom stereocenters. The number of para-hydroxylation sites is 2. The Labute approximate surface area is 79.1 Å². The van der Waals surface area contributed by atoms with Gasteiger partial charge in [0.2, 0.25) is 0 Å². The van der Waals surface area contributed by atoms with Crippen molar-refractivity contribution >= 4 is 28.3 Å². The van der Waals surface area contributed by atoms with Crippen LogP contribution in [0.2, 0.25) is 0 Å². The first kappa shape index (κ1) is 7.21. The molecule has 2 nitrogen and oxygen atoms in total. The first-order valence-electron chi connectivity index (χ1n) is 3.50. The van der Waals surface area contributed by atoms with Crippen molar-refractivity contribution in [3.05, 3.63) is 24.3 Å². The Balaban J connectivity index is 2.34. The van der Waals surface area contributed by atoms with Gasteiger partial charge in [0.05, 0.1) is 12.2 Å². The number of halogens is 1. The standard InChI is InChI=1S/C8H8INO/c9-8-5-10-6-3-1-2-4-7(6)11-8/h1-4,8,10H,5H2/t8-/m0/s1. The normalized spacial score (nSPS) is 21.4. The number of hydrogen-bond donors (Lipinski definition) is 1. The van der Waals surface area contributed by atoms with E-state index in [9.17, 15) is 0 Å². The zero-order valence-electron chi connectivity index (χ0n) is 5.88. The summed E-state index contributed by atoms with van der Waals surface area (Å²) < 4.78 is 5.81. The molecule has 0 saturated carbocycles. The lowest BCUT2D eigenvalue weighted by Gasteiger charge is -2.23. The fraction of sp³-hybridized carbons (Fsp3) is 0.250. The van der Waals surface area contributed by atoms with E-state index in [4.69, 9.17) is 4.74 Å². The Kier molecular flexibility index (Phi) is 1.89. The SMILES string of the molecule is I[C@@H]1CNc2ccccc2O1. The molecular formula is C8H8INO. The number of rotatable bonds is 0. The molecule has 1 aromatic rings. The van der Waals surface area contributed by atoms with Crippen molar-refractivity contribution < 1.29 is 4.74 Å². The minimum Gasteiger partial charge on any atom is -0.476 e. The van der Waals surface area contributed by atoms with Gasteiger partial charge in [0.25, 0.3) is 0 Å². The van der Waals surface area contributed by atoms with E-state index in [0.29, 0.717) is 0 Å². The molecule has 58 valence electrons. The molecule has 11 heavy (non-hydrogen) atoms. The van der Waals surface area contributed by atoms with Crippen LogP contribution in [-0.4, -0.2) is 10.7 Å². The van der Waals surface area contributed by atoms with Gasteiger partial charge in [0.15, 0.2) is 4.11 Å². The molecule has 0 aromatic heterocycles. The van der Waals surface area contributed by atoms with E-state index in [1.165, 1.54) is 0 Å². The Morgan fingerprint density at radius 3 is 3.18 bits per heavy atom. The molecule has 0 amide bonds. The van der Waals surface area contributed by atoms with Gasteiger partial charge >= 0.3 is 0 Å². The van der Waals surface area contributed by atoms with E-state index in [0.717, 1.165) is 18.0 Å². The van der Waals surface area contributed by atoms with Crippen LogP contribution >= 0.6 is 22.6 Å². The van der Waals surface area contributed by atoms with Gasteiger partial charge in [-0.1, -0.05) is 12.1 Å². The van der Waals surface area contributed by atoms with Gasteiger partial charge in [-0.2, -0.15) is 0 Å². The maximum absolute atomic E-state index is 5.56. The first-order chi connectivity index (χ1) is 5.36. The summed E-state index contributed by atoms with van der Waals surface area (Å²) in [4.78, 5) is 0. The van der Waals surface area contributed by atoms with Gasteiger partial charge < -0.3 is 10.1 Å². The lowest BCUT2D eigenvalue weighted by atomic mass is 10.3. The van der Waals surface area contributed by atoms with E-state index in [1.807, 2.05) is 24.3 Å². The highest BCUT2D eigenvalue weighted by Gasteiger charge is 2.14. The average Bonchev–Trinajstić information content (AvgIpc) is 2.04. The van der Waals surface area contributed by atoms with E-state index in [2.05, 4.69) is 27.9 Å². The first-order valence-corrected chi connectivity index (χ1v) is 4.74. The lowest BCUT2D eigenvalue weighted by molar-refractivity contribution is 0.305. The summed E-state index contributed by atoms with van der Waals surface area (Å²) >= 11 is 2.27. The predicted octanol–water partition coefficient (Wildman–Crippen LogP) is 2.25. The summed E-state index contributed by atoms with van der Waals surface area (Å²) in [5.41, 5.74) is 1.10. The molecule has 2 rings (SSSR count). The van der Waals surface area contributed by atoms with Crippen LogP contribution in [0.4, 0.5) is 5.69 Å². The van der Waals surface area contributed by atoms with Crippen LogP contribution in [0.1, 0.15) is 0 Å². The highest BCUT2D eigenvalue weighted by Crippen LogP contribution is 2.29. The molecule has 0 radical (unpaired) electrons. The molecule has 1 aromatic carbocycles. The molecule has 0 aliphatic carbocycles. The smallest absolute Gasteiger partial charge is 0.166 e. The second-order valence-corrected chi connectivity index (χ2v) is 3.79. The van der Waals surface area contributed by atoms with E-state index in [1.54, 1.807) is 0 Å². The van der Waals surface area contributed by atoms with Crippen LogP contribution in [0.15, 0.2) is 24.3 Å². The largest absolute Gasteiger partial charge is 0.476 e. The van der Waals surface area contributed by atoms with E-state index in [-0.39, 0.29) is 4.11 Å². The van der Waals surface area contributed by atoms with Gasteiger partial charge in [-0.3, -0.25) is 0 Å². The topological polar surface area (TPSA) is 21.3 Å². The summed E-state index contributed by atoms with van der Waals surface area (Å²) in [7, 11) is 0. The molecular weight excluding hydrogens is 253 g/mol. The summed E-state index contributed by atoms with van der Waals surface area (Å²) in [5, 5.41) is 3.28. The fourth-order valence-corrected chi connectivity index (χ4v) is 1.58. The molecule has 0 fully saturated rings. The average molecular weight is 261 g/mol. The quantitative estimate of drug-likeness (QED) is 0.571. The number of ether oxygens (including phenoxy) is 1. The van der Waals surface area contributed by atoms with Crippen molar-refractivity contribution in [3.8, 4) is 5.75 Å². The maximum atomic E-state index is 5.56. The van der Waals surface area contributed by atoms with Gasteiger partial charge in [-0.15, -0.1) is 0 Å². The molecule has 1 atom stereocenters. The fourth-order valence-electron chi connectivity index (χ4n) is 1.09. The number of alkyl halides is 1. The molecule has 1 heterocycles. The third-order valence-corrected chi connectivity index (χ3v) is 2.29. The van der Waals surface area contributed by atoms with Crippen molar-refractivity contribution in [1.29, 1.82) is 0 Å². The number of fused-ring (bicyclic) bond motifs is 1. The molecule has 1 N–H and O–H groups in total. The van der Waals surface area contributed by atoms with Crippen LogP contribution < -0.4 is 10.1 Å². The second-order valence-electron chi connectivity index (χ2n) is 2.40. The Morgan fingerprint density at radius 1 is 1.45 bits per heavy atom. The number of hydrogen-bond acceptors (Lipinski definition) is 2. The molecule has 1 aliphatic heterocycles. The van der Waals surface area contributed by atoms with Gasteiger partial charge in [-0.25, -0.2) is 0 Å². The molecule has 1 aliphatic rings. The van der Waals surface area contributed by atoms with Gasteiger partial charge in [0, 0.05) is 0 Å². The Morgan fingerprint density at radius 2 is 2.27 bits per heavy atom. The third-order valence-electron chi connectivity index (χ3n) is 1.59. The van der Waals surface area contributed by atoms with Crippen LogP contribution in [0.3, 0.4) is 0 Å². The summed E-state index contributed by atoms with van der Waals surface area (Å²) in [6.07, 6.45) is 0. The minimum atomic E-state index is 0.252. The van der Waals surface area contributed by atoms with Crippen LogP contribution in [0.5, 0.6) is 5.75 Å². The highest BCUT2D eigenvalue weighted by atomic mass is 127. The number of anilines is 1. The summed E-state index contributed by atoms with van der Waals surface area (Å²) in [6, 6.07) is 7.99. The van der Waals surface area contributed by atoms with Crippen molar-refractivity contribution in [1.82, 2.24) is 0 Å². The zero-order chi connectivity index (χ0) is 7.68. The lowest BCUT2D eigenvalue weighted by Crippen LogP contribution is -2.24. The second kappa shape index (κ2) is 2.89. The van der Waals surface area contributed by atoms with Crippen LogP contribution in [-0.2, 0) is 0 Å². The summed E-state index contributed by atoms with van der Waals surface area (Å²) in [5.74, 6) is 0.957.